The molecule has 3 unspecified atom stereocenters. The van der Waals surface area contributed by atoms with Crippen molar-refractivity contribution < 1.29 is 0 Å². The van der Waals surface area contributed by atoms with Crippen LogP contribution in [0.5, 0.6) is 0 Å². The van der Waals surface area contributed by atoms with Gasteiger partial charge in [0.15, 0.2) is 0 Å². The van der Waals surface area contributed by atoms with Gasteiger partial charge in [0, 0.05) is 18.6 Å². The predicted octanol–water partition coefficient (Wildman–Crippen LogP) is 1.57. The largest absolute Gasteiger partial charge is 0.305 e. The van der Waals surface area contributed by atoms with Gasteiger partial charge in [-0.2, -0.15) is 0 Å². The minimum Gasteiger partial charge on any atom is -0.305 e. The van der Waals surface area contributed by atoms with Gasteiger partial charge in [-0.15, -0.1) is 0 Å². The normalized spacial score (nSPS) is 44.8. The van der Waals surface area contributed by atoms with Crippen molar-refractivity contribution in [1.82, 2.24) is 10.2 Å². The van der Waals surface area contributed by atoms with Crippen LogP contribution in [0.2, 0.25) is 0 Å². The second kappa shape index (κ2) is 3.28. The molecule has 0 aromatic rings. The molecule has 2 nitrogen and oxygen atoms in total. The van der Waals surface area contributed by atoms with Crippen molar-refractivity contribution in [2.24, 2.45) is 5.92 Å². The minimum atomic E-state index is 0.505. The Labute approximate surface area is 82.8 Å². The summed E-state index contributed by atoms with van der Waals surface area (Å²) in [6.07, 6.45) is 2.80. The van der Waals surface area contributed by atoms with Crippen molar-refractivity contribution in [1.29, 1.82) is 0 Å². The second-order valence-electron chi connectivity index (χ2n) is 3.98. The van der Waals surface area contributed by atoms with E-state index in [0.717, 1.165) is 5.92 Å². The molecule has 3 heteroatoms. The van der Waals surface area contributed by atoms with E-state index in [1.165, 1.54) is 12.8 Å². The Morgan fingerprint density at radius 3 is 2.75 bits per heavy atom. The molecule has 1 saturated carbocycles. The Balaban J connectivity index is 1.98. The van der Waals surface area contributed by atoms with E-state index in [2.05, 4.69) is 46.7 Å². The molecule has 2 rings (SSSR count). The first kappa shape index (κ1) is 8.97. The van der Waals surface area contributed by atoms with E-state index < -0.39 is 0 Å². The Morgan fingerprint density at radius 1 is 1.50 bits per heavy atom. The summed E-state index contributed by atoms with van der Waals surface area (Å²) in [5.41, 5.74) is 0. The molecule has 0 amide bonds. The number of halogens is 1. The van der Waals surface area contributed by atoms with Gasteiger partial charge in [-0.25, -0.2) is 0 Å². The maximum absolute atomic E-state index is 3.74. The molecule has 1 radical (unpaired) electrons. The average Bonchev–Trinajstić information content (AvgIpc) is 2.84. The highest BCUT2D eigenvalue weighted by atomic mass is 79.9. The van der Waals surface area contributed by atoms with Crippen molar-refractivity contribution in [3.05, 3.63) is 6.54 Å². The monoisotopic (exact) mass is 231 g/mol. The van der Waals surface area contributed by atoms with Gasteiger partial charge >= 0.3 is 0 Å². The third-order valence-electron chi connectivity index (χ3n) is 2.99. The van der Waals surface area contributed by atoms with Crippen molar-refractivity contribution in [3.63, 3.8) is 0 Å². The van der Waals surface area contributed by atoms with E-state index in [0.29, 0.717) is 17.0 Å². The molecule has 12 heavy (non-hydrogen) atoms. The maximum atomic E-state index is 3.74. The van der Waals surface area contributed by atoms with Crippen LogP contribution in [0.25, 0.3) is 0 Å². The SMILES string of the molecule is CC1[CH]NC(C2CC2)C(Br)N1C. The van der Waals surface area contributed by atoms with E-state index in [1.54, 1.807) is 0 Å². The molecule has 0 bridgehead atoms. The van der Waals surface area contributed by atoms with Crippen LogP contribution in [0.3, 0.4) is 0 Å². The highest BCUT2D eigenvalue weighted by Gasteiger charge is 2.40. The van der Waals surface area contributed by atoms with Crippen LogP contribution >= 0.6 is 15.9 Å². The summed E-state index contributed by atoms with van der Waals surface area (Å²) in [6.45, 7) is 4.42. The predicted molar refractivity (Wildman–Crippen MR) is 53.9 cm³/mol. The van der Waals surface area contributed by atoms with E-state index in [1.807, 2.05) is 0 Å². The fraction of sp³-hybridized carbons (Fsp3) is 0.889. The lowest BCUT2D eigenvalue weighted by Gasteiger charge is -2.40. The topological polar surface area (TPSA) is 15.3 Å². The number of nitrogens with zero attached hydrogens (tertiary/aromatic N) is 1. The Kier molecular flexibility index (Phi) is 2.45. The second-order valence-corrected chi connectivity index (χ2v) is 4.91. The van der Waals surface area contributed by atoms with Crippen LogP contribution < -0.4 is 5.32 Å². The number of piperazine rings is 1. The fourth-order valence-corrected chi connectivity index (χ4v) is 2.70. The number of nitrogens with one attached hydrogen (secondary N) is 1. The Bertz CT molecular complexity index is 170. The summed E-state index contributed by atoms with van der Waals surface area (Å²) >= 11 is 3.74. The van der Waals surface area contributed by atoms with Gasteiger partial charge in [-0.05, 0) is 32.7 Å². The van der Waals surface area contributed by atoms with E-state index in [4.69, 9.17) is 0 Å². The standard InChI is InChI=1S/C9H16BrN2/c1-6-5-11-8(7-3-4-7)9(10)12(6)2/h5-9,11H,3-4H2,1-2H3. The molecule has 1 N–H and O–H groups in total. The quantitative estimate of drug-likeness (QED) is 0.545. The first-order chi connectivity index (χ1) is 5.70. The minimum absolute atomic E-state index is 0.505. The highest BCUT2D eigenvalue weighted by molar-refractivity contribution is 9.09. The molecular weight excluding hydrogens is 216 g/mol. The third kappa shape index (κ3) is 1.54. The maximum Gasteiger partial charge on any atom is 0.0814 e. The van der Waals surface area contributed by atoms with Gasteiger partial charge in [-0.3, -0.25) is 4.90 Å². The Morgan fingerprint density at radius 2 is 2.17 bits per heavy atom. The molecule has 0 spiro atoms. The zero-order valence-electron chi connectivity index (χ0n) is 7.63. The number of hydrogen-bond acceptors (Lipinski definition) is 2. The molecule has 1 saturated heterocycles. The number of alkyl halides is 1. The average molecular weight is 232 g/mol. The fourth-order valence-electron chi connectivity index (χ4n) is 1.74. The first-order valence-corrected chi connectivity index (χ1v) is 5.57. The van der Waals surface area contributed by atoms with Gasteiger partial charge in [-0.1, -0.05) is 15.9 Å². The third-order valence-corrected chi connectivity index (χ3v) is 4.20. The van der Waals surface area contributed by atoms with E-state index in [9.17, 15) is 0 Å². The lowest BCUT2D eigenvalue weighted by molar-refractivity contribution is 0.175. The van der Waals surface area contributed by atoms with Crippen LogP contribution in [-0.4, -0.2) is 29.0 Å². The first-order valence-electron chi connectivity index (χ1n) is 4.65. The van der Waals surface area contributed by atoms with Gasteiger partial charge < -0.3 is 5.32 Å². The summed E-state index contributed by atoms with van der Waals surface area (Å²) in [5, 5.41) is 3.50. The lowest BCUT2D eigenvalue weighted by atomic mass is 10.1. The molecular formula is C9H16BrN2. The zero-order chi connectivity index (χ0) is 8.72. The van der Waals surface area contributed by atoms with Crippen molar-refractivity contribution in [2.75, 3.05) is 7.05 Å². The molecule has 0 aromatic carbocycles. The molecule has 1 aliphatic carbocycles. The Hall–Kier alpha value is 0.400. The van der Waals surface area contributed by atoms with Gasteiger partial charge in [0.1, 0.15) is 0 Å². The van der Waals surface area contributed by atoms with Gasteiger partial charge in [0.25, 0.3) is 0 Å². The van der Waals surface area contributed by atoms with Gasteiger partial charge in [0.05, 0.1) is 4.95 Å². The number of likely N-dealkylation sites (N-methyl/N-ethyl adjacent to an activating group) is 1. The molecule has 2 aliphatic rings. The van der Waals surface area contributed by atoms with Crippen molar-refractivity contribution in [3.8, 4) is 0 Å². The van der Waals surface area contributed by atoms with Crippen molar-refractivity contribution in [2.45, 2.75) is 36.8 Å². The van der Waals surface area contributed by atoms with E-state index >= 15 is 0 Å². The number of rotatable bonds is 1. The van der Waals surface area contributed by atoms with Crippen LogP contribution in [0.15, 0.2) is 0 Å². The van der Waals surface area contributed by atoms with Gasteiger partial charge in [0.2, 0.25) is 0 Å². The van der Waals surface area contributed by atoms with Crippen molar-refractivity contribution >= 4 is 15.9 Å². The number of hydrogen-bond donors (Lipinski definition) is 1. The molecule has 3 atom stereocenters. The van der Waals surface area contributed by atoms with Crippen LogP contribution in [-0.2, 0) is 0 Å². The highest BCUT2D eigenvalue weighted by Crippen LogP contribution is 2.38. The summed E-state index contributed by atoms with van der Waals surface area (Å²) in [6, 6.07) is 1.16. The van der Waals surface area contributed by atoms with Crippen LogP contribution in [0, 0.1) is 12.5 Å². The van der Waals surface area contributed by atoms with Crippen LogP contribution in [0.1, 0.15) is 19.8 Å². The van der Waals surface area contributed by atoms with Crippen LogP contribution in [0.4, 0.5) is 0 Å². The summed E-state index contributed by atoms with van der Waals surface area (Å²) in [7, 11) is 2.18. The lowest BCUT2D eigenvalue weighted by Crippen LogP contribution is -2.56. The summed E-state index contributed by atoms with van der Waals surface area (Å²) in [5.74, 6) is 0.903. The molecule has 2 fully saturated rings. The molecule has 1 heterocycles. The summed E-state index contributed by atoms with van der Waals surface area (Å²) in [4.78, 5) is 2.88. The van der Waals surface area contributed by atoms with E-state index in [-0.39, 0.29) is 0 Å². The molecule has 69 valence electrons. The molecule has 1 aliphatic heterocycles. The molecule has 0 aromatic heterocycles. The smallest absolute Gasteiger partial charge is 0.0814 e. The summed E-state index contributed by atoms with van der Waals surface area (Å²) < 4.78 is 0. The zero-order valence-corrected chi connectivity index (χ0v) is 9.21.